The summed E-state index contributed by atoms with van der Waals surface area (Å²) in [5.74, 6) is 0.662. The Morgan fingerprint density at radius 2 is 2.05 bits per heavy atom. The lowest BCUT2D eigenvalue weighted by atomic mass is 10.1. The Morgan fingerprint density at radius 1 is 1.25 bits per heavy atom. The van der Waals surface area contributed by atoms with E-state index in [4.69, 9.17) is 11.6 Å². The van der Waals surface area contributed by atoms with Gasteiger partial charge in [0.25, 0.3) is 5.56 Å². The summed E-state index contributed by atoms with van der Waals surface area (Å²) in [7, 11) is 0. The first-order valence-electron chi connectivity index (χ1n) is 6.58. The first-order valence-corrected chi connectivity index (χ1v) is 6.96. The topological polar surface area (TPSA) is 51.0 Å². The summed E-state index contributed by atoms with van der Waals surface area (Å²) in [6.07, 6.45) is 0. The number of aromatic nitrogens is 3. The van der Waals surface area contributed by atoms with Gasteiger partial charge in [-0.1, -0.05) is 31.5 Å². The number of benzene rings is 1. The summed E-state index contributed by atoms with van der Waals surface area (Å²) in [6, 6.07) is 7.51. The van der Waals surface area contributed by atoms with Gasteiger partial charge in [-0.3, -0.25) is 9.36 Å². The predicted octanol–water partition coefficient (Wildman–Crippen LogP) is 2.57. The largest absolute Gasteiger partial charge is 0.309 e. The van der Waals surface area contributed by atoms with Gasteiger partial charge in [-0.05, 0) is 18.2 Å². The lowest BCUT2D eigenvalue weighted by Crippen LogP contribution is -2.26. The Labute approximate surface area is 121 Å². The molecule has 1 aliphatic rings. The summed E-state index contributed by atoms with van der Waals surface area (Å²) in [5, 5.41) is 8.98. The van der Waals surface area contributed by atoms with Crippen LogP contribution in [0.5, 0.6) is 0 Å². The highest BCUT2D eigenvalue weighted by molar-refractivity contribution is 6.30. The zero-order valence-corrected chi connectivity index (χ0v) is 12.1. The number of halogens is 1. The van der Waals surface area contributed by atoms with Crippen LogP contribution in [0.2, 0.25) is 5.02 Å². The van der Waals surface area contributed by atoms with Crippen LogP contribution in [0.4, 0.5) is 11.6 Å². The molecule has 1 aromatic heterocycles. The van der Waals surface area contributed by atoms with Crippen molar-refractivity contribution in [2.24, 2.45) is 0 Å². The molecular formula is C14H15ClN4O. The molecule has 0 saturated heterocycles. The predicted molar refractivity (Wildman–Crippen MR) is 78.8 cm³/mol. The molecule has 0 bridgehead atoms. The number of hydrogen-bond donors (Lipinski definition) is 0. The van der Waals surface area contributed by atoms with Gasteiger partial charge in [-0.15, -0.1) is 10.2 Å². The maximum Gasteiger partial charge on any atom is 0.277 e. The van der Waals surface area contributed by atoms with Crippen LogP contribution in [0.1, 0.15) is 25.5 Å². The van der Waals surface area contributed by atoms with Gasteiger partial charge in [0.05, 0.1) is 0 Å². The molecule has 0 aliphatic carbocycles. The summed E-state index contributed by atoms with van der Waals surface area (Å²) >= 11 is 6.02. The van der Waals surface area contributed by atoms with Gasteiger partial charge < -0.3 is 4.90 Å². The fourth-order valence-electron chi connectivity index (χ4n) is 2.38. The molecular weight excluding hydrogens is 276 g/mol. The van der Waals surface area contributed by atoms with Gasteiger partial charge in [0, 0.05) is 29.7 Å². The van der Waals surface area contributed by atoms with Crippen molar-refractivity contribution < 1.29 is 0 Å². The van der Waals surface area contributed by atoms with Crippen molar-refractivity contribution in [3.8, 4) is 0 Å². The van der Waals surface area contributed by atoms with Crippen LogP contribution in [0.25, 0.3) is 0 Å². The van der Waals surface area contributed by atoms with Crippen LogP contribution in [0, 0.1) is 0 Å². The molecule has 0 N–H and O–H groups in total. The first-order chi connectivity index (χ1) is 9.58. The molecule has 104 valence electrons. The van der Waals surface area contributed by atoms with Gasteiger partial charge in [0.15, 0.2) is 0 Å². The standard InChI is InChI=1S/C14H15ClN4O/c1-9(2)12-13(20)19-7-6-18(14(19)17-16-12)11-5-3-4-10(15)8-11/h3-5,8-9H,6-7H2,1-2H3. The molecule has 0 spiro atoms. The maximum absolute atomic E-state index is 12.4. The van der Waals surface area contributed by atoms with Crippen LogP contribution in [0.15, 0.2) is 29.1 Å². The van der Waals surface area contributed by atoms with Crippen molar-refractivity contribution in [1.29, 1.82) is 0 Å². The maximum atomic E-state index is 12.4. The minimum absolute atomic E-state index is 0.0467. The summed E-state index contributed by atoms with van der Waals surface area (Å²) in [6.45, 7) is 5.21. The van der Waals surface area contributed by atoms with Crippen LogP contribution >= 0.6 is 11.6 Å². The molecule has 20 heavy (non-hydrogen) atoms. The van der Waals surface area contributed by atoms with Crippen LogP contribution in [-0.4, -0.2) is 21.3 Å². The summed E-state index contributed by atoms with van der Waals surface area (Å²) < 4.78 is 1.68. The third-order valence-electron chi connectivity index (χ3n) is 3.41. The lowest BCUT2D eigenvalue weighted by molar-refractivity contribution is 0.678. The fourth-order valence-corrected chi connectivity index (χ4v) is 2.56. The highest BCUT2D eigenvalue weighted by atomic mass is 35.5. The summed E-state index contributed by atoms with van der Waals surface area (Å²) in [4.78, 5) is 14.3. The Kier molecular flexibility index (Phi) is 3.22. The van der Waals surface area contributed by atoms with Crippen molar-refractivity contribution in [1.82, 2.24) is 14.8 Å². The van der Waals surface area contributed by atoms with E-state index < -0.39 is 0 Å². The molecule has 2 aromatic rings. The zero-order valence-electron chi connectivity index (χ0n) is 11.4. The van der Waals surface area contributed by atoms with Crippen LogP contribution in [-0.2, 0) is 6.54 Å². The number of fused-ring (bicyclic) bond motifs is 1. The average molecular weight is 291 g/mol. The third-order valence-corrected chi connectivity index (χ3v) is 3.64. The van der Waals surface area contributed by atoms with Gasteiger partial charge in [-0.25, -0.2) is 0 Å². The first kappa shape index (κ1) is 13.1. The van der Waals surface area contributed by atoms with E-state index in [9.17, 15) is 4.79 Å². The van der Waals surface area contributed by atoms with E-state index >= 15 is 0 Å². The molecule has 2 heterocycles. The average Bonchev–Trinajstić information content (AvgIpc) is 2.83. The molecule has 0 atom stereocenters. The highest BCUT2D eigenvalue weighted by Gasteiger charge is 2.25. The van der Waals surface area contributed by atoms with Crippen molar-refractivity contribution >= 4 is 23.2 Å². The zero-order chi connectivity index (χ0) is 14.3. The van der Waals surface area contributed by atoms with Crippen molar-refractivity contribution in [3.63, 3.8) is 0 Å². The van der Waals surface area contributed by atoms with E-state index in [-0.39, 0.29) is 11.5 Å². The molecule has 0 unspecified atom stereocenters. The van der Waals surface area contributed by atoms with Gasteiger partial charge in [0.2, 0.25) is 5.95 Å². The smallest absolute Gasteiger partial charge is 0.277 e. The quantitative estimate of drug-likeness (QED) is 0.853. The van der Waals surface area contributed by atoms with E-state index in [1.165, 1.54) is 0 Å². The van der Waals surface area contributed by atoms with Gasteiger partial charge in [0.1, 0.15) is 5.69 Å². The molecule has 0 saturated carbocycles. The molecule has 1 aromatic carbocycles. The van der Waals surface area contributed by atoms with E-state index in [0.717, 1.165) is 5.69 Å². The van der Waals surface area contributed by atoms with E-state index in [0.29, 0.717) is 29.8 Å². The van der Waals surface area contributed by atoms with Crippen LogP contribution in [0.3, 0.4) is 0 Å². The third kappa shape index (κ3) is 2.08. The van der Waals surface area contributed by atoms with Crippen molar-refractivity contribution in [2.75, 3.05) is 11.4 Å². The SMILES string of the molecule is CC(C)c1nnc2n(c1=O)CCN2c1cccc(Cl)c1. The summed E-state index contributed by atoms with van der Waals surface area (Å²) in [5.41, 5.74) is 1.39. The minimum atomic E-state index is -0.0467. The Morgan fingerprint density at radius 3 is 2.75 bits per heavy atom. The van der Waals surface area contributed by atoms with Crippen molar-refractivity contribution in [3.05, 3.63) is 45.3 Å². The van der Waals surface area contributed by atoms with Gasteiger partial charge in [-0.2, -0.15) is 0 Å². The van der Waals surface area contributed by atoms with Gasteiger partial charge >= 0.3 is 0 Å². The molecule has 0 amide bonds. The van der Waals surface area contributed by atoms with E-state index in [2.05, 4.69) is 10.2 Å². The second-order valence-electron chi connectivity index (χ2n) is 5.13. The van der Waals surface area contributed by atoms with E-state index in [1.54, 1.807) is 4.57 Å². The Hall–Kier alpha value is -1.88. The number of rotatable bonds is 2. The lowest BCUT2D eigenvalue weighted by Gasteiger charge is -2.17. The monoisotopic (exact) mass is 290 g/mol. The normalized spacial score (nSPS) is 13.9. The fraction of sp³-hybridized carbons (Fsp3) is 0.357. The number of nitrogens with zero attached hydrogens (tertiary/aromatic N) is 4. The molecule has 0 radical (unpaired) electrons. The van der Waals surface area contributed by atoms with Crippen molar-refractivity contribution in [2.45, 2.75) is 26.3 Å². The molecule has 0 fully saturated rings. The highest BCUT2D eigenvalue weighted by Crippen LogP contribution is 2.28. The second-order valence-corrected chi connectivity index (χ2v) is 5.56. The second kappa shape index (κ2) is 4.90. The number of anilines is 2. The Balaban J connectivity index is 2.08. The minimum Gasteiger partial charge on any atom is -0.309 e. The number of hydrogen-bond acceptors (Lipinski definition) is 4. The van der Waals surface area contributed by atoms with Crippen LogP contribution < -0.4 is 10.5 Å². The molecule has 6 heteroatoms. The molecule has 5 nitrogen and oxygen atoms in total. The Bertz CT molecular complexity index is 711. The molecule has 1 aliphatic heterocycles. The van der Waals surface area contributed by atoms with E-state index in [1.807, 2.05) is 43.0 Å². The molecule has 3 rings (SSSR count).